The minimum atomic E-state index is -3.67. The van der Waals surface area contributed by atoms with E-state index in [1.165, 1.54) is 25.4 Å². The molecule has 1 saturated heterocycles. The first-order valence-corrected chi connectivity index (χ1v) is 13.9. The summed E-state index contributed by atoms with van der Waals surface area (Å²) in [7, 11) is -5.71. The van der Waals surface area contributed by atoms with Gasteiger partial charge in [-0.2, -0.15) is 5.10 Å². The summed E-state index contributed by atoms with van der Waals surface area (Å²) in [4.78, 5) is 17.2. The molecule has 4 rings (SSSR count). The van der Waals surface area contributed by atoms with Crippen LogP contribution in [0.15, 0.2) is 44.7 Å². The lowest BCUT2D eigenvalue weighted by molar-refractivity contribution is -0.110. The highest BCUT2D eigenvalue weighted by atomic mass is 32.2. The Morgan fingerprint density at radius 3 is 2.38 bits per heavy atom. The second kappa shape index (κ2) is 8.89. The largest absolute Gasteiger partial charge is 0.296 e. The van der Waals surface area contributed by atoms with Gasteiger partial charge in [0.2, 0.25) is 0 Å². The molecule has 32 heavy (non-hydrogen) atoms. The first-order valence-electron chi connectivity index (χ1n) is 10.1. The lowest BCUT2D eigenvalue weighted by Crippen LogP contribution is -2.27. The molecule has 0 bridgehead atoms. The second-order valence-electron chi connectivity index (χ2n) is 7.52. The second-order valence-corrected chi connectivity index (χ2v) is 12.9. The van der Waals surface area contributed by atoms with E-state index in [9.17, 15) is 21.6 Å². The number of anilines is 1. The van der Waals surface area contributed by atoms with Crippen LogP contribution in [0.1, 0.15) is 31.2 Å². The van der Waals surface area contributed by atoms with Crippen LogP contribution >= 0.6 is 11.3 Å². The molecule has 2 aliphatic rings. The lowest BCUT2D eigenvalue weighted by atomic mass is 10.1. The molecular formula is C19H23N5O5S3. The maximum atomic E-state index is 13.0. The number of amides is 1. The smallest absolute Gasteiger partial charge is 0.278 e. The number of sulfonamides is 1. The topological polar surface area (TPSA) is 138 Å². The molecular weight excluding hydrogens is 474 g/mol. The molecule has 1 amide bonds. The van der Waals surface area contributed by atoms with E-state index in [0.29, 0.717) is 31.5 Å². The van der Waals surface area contributed by atoms with Gasteiger partial charge in [0, 0.05) is 18.7 Å². The van der Waals surface area contributed by atoms with Crippen LogP contribution in [0.3, 0.4) is 0 Å². The molecule has 2 N–H and O–H groups in total. The highest BCUT2D eigenvalue weighted by molar-refractivity contribution is 7.92. The molecule has 1 aliphatic heterocycles. The first-order chi connectivity index (χ1) is 15.2. The summed E-state index contributed by atoms with van der Waals surface area (Å²) in [6.07, 6.45) is 4.45. The zero-order chi connectivity index (χ0) is 22.9. The van der Waals surface area contributed by atoms with Gasteiger partial charge in [0.15, 0.2) is 24.9 Å². The number of sulfone groups is 1. The maximum Gasteiger partial charge on any atom is 0.278 e. The van der Waals surface area contributed by atoms with Crippen molar-refractivity contribution in [1.29, 1.82) is 0 Å². The summed E-state index contributed by atoms with van der Waals surface area (Å²) in [6.45, 7) is 1.43. The molecule has 10 nitrogen and oxygen atoms in total. The summed E-state index contributed by atoms with van der Waals surface area (Å²) >= 11 is 0.823. The molecule has 0 radical (unpaired) electrons. The summed E-state index contributed by atoms with van der Waals surface area (Å²) in [5.41, 5.74) is 0.569. The number of carbonyl (C=O) groups is 1. The van der Waals surface area contributed by atoms with Crippen molar-refractivity contribution in [2.45, 2.75) is 40.0 Å². The van der Waals surface area contributed by atoms with E-state index in [2.05, 4.69) is 20.1 Å². The summed E-state index contributed by atoms with van der Waals surface area (Å²) in [5.74, 6) is -0.558. The number of hydrogen-bond donors (Lipinski definition) is 2. The maximum absolute atomic E-state index is 13.0. The van der Waals surface area contributed by atoms with Gasteiger partial charge in [-0.1, -0.05) is 23.5 Å². The van der Waals surface area contributed by atoms with Crippen LogP contribution in [0.2, 0.25) is 0 Å². The molecule has 2 fully saturated rings. The average molecular weight is 498 g/mol. The van der Waals surface area contributed by atoms with Crippen LogP contribution in [0, 0.1) is 0 Å². The minimum Gasteiger partial charge on any atom is -0.296 e. The zero-order valence-electron chi connectivity index (χ0n) is 17.3. The van der Waals surface area contributed by atoms with Gasteiger partial charge < -0.3 is 0 Å². The number of hydrazone groups is 1. The Morgan fingerprint density at radius 1 is 1.12 bits per heavy atom. The van der Waals surface area contributed by atoms with Crippen LogP contribution < -0.4 is 10.0 Å². The standard InChI is InChI=1S/C19H23N5O5S3/c1-20-32(28,29)16-12-21-19(30-16)22-18(25)17(23-24-10-2-3-11-24)13-4-6-14(7-5-13)31(26,27)15-8-9-15/h4-7,12,15,20H,2-3,8-11H2,1H3,(H,21,22,25). The van der Waals surface area contributed by atoms with Crippen molar-refractivity contribution in [3.8, 4) is 0 Å². The van der Waals surface area contributed by atoms with Crippen LogP contribution in [-0.4, -0.2) is 63.8 Å². The van der Waals surface area contributed by atoms with Gasteiger partial charge in [-0.25, -0.2) is 26.5 Å². The van der Waals surface area contributed by atoms with Crippen LogP contribution in [0.4, 0.5) is 5.13 Å². The molecule has 1 aromatic carbocycles. The number of benzene rings is 1. The fourth-order valence-electron chi connectivity index (χ4n) is 3.25. The Morgan fingerprint density at radius 2 is 1.78 bits per heavy atom. The van der Waals surface area contributed by atoms with Crippen molar-refractivity contribution in [3.63, 3.8) is 0 Å². The summed E-state index contributed by atoms with van der Waals surface area (Å²) in [6, 6.07) is 6.14. The van der Waals surface area contributed by atoms with Gasteiger partial charge in [-0.3, -0.25) is 15.1 Å². The van der Waals surface area contributed by atoms with Gasteiger partial charge in [-0.05, 0) is 44.9 Å². The number of rotatable bonds is 8. The third-order valence-electron chi connectivity index (χ3n) is 5.20. The summed E-state index contributed by atoms with van der Waals surface area (Å²) in [5, 5.41) is 8.69. The fourth-order valence-corrected chi connectivity index (χ4v) is 6.77. The van der Waals surface area contributed by atoms with E-state index < -0.39 is 25.8 Å². The lowest BCUT2D eigenvalue weighted by Gasteiger charge is -2.14. The number of thiazole rings is 1. The Bertz CT molecular complexity index is 1240. The zero-order valence-corrected chi connectivity index (χ0v) is 19.8. The minimum absolute atomic E-state index is 0.0250. The molecule has 13 heteroatoms. The molecule has 2 heterocycles. The number of hydrogen-bond acceptors (Lipinski definition) is 9. The van der Waals surface area contributed by atoms with Gasteiger partial charge in [0.1, 0.15) is 0 Å². The fraction of sp³-hybridized carbons (Fsp3) is 0.421. The van der Waals surface area contributed by atoms with Gasteiger partial charge in [-0.15, -0.1) is 0 Å². The Kier molecular flexibility index (Phi) is 6.34. The molecule has 1 aromatic heterocycles. The summed E-state index contributed by atoms with van der Waals surface area (Å²) < 4.78 is 50.9. The predicted molar refractivity (Wildman–Crippen MR) is 121 cm³/mol. The normalized spacial score (nSPS) is 17.5. The number of nitrogens with one attached hydrogen (secondary N) is 2. The van der Waals surface area contributed by atoms with E-state index in [1.807, 2.05) is 0 Å². The average Bonchev–Trinajstić information content (AvgIpc) is 3.32. The van der Waals surface area contributed by atoms with Gasteiger partial charge in [0.25, 0.3) is 15.9 Å². The number of nitrogens with zero attached hydrogens (tertiary/aromatic N) is 3. The molecule has 0 unspecified atom stereocenters. The Balaban J connectivity index is 1.60. The van der Waals surface area contributed by atoms with Gasteiger partial charge in [0.05, 0.1) is 16.3 Å². The molecule has 1 aliphatic carbocycles. The Hall–Kier alpha value is -2.35. The highest BCUT2D eigenvalue weighted by Gasteiger charge is 2.36. The predicted octanol–water partition coefficient (Wildman–Crippen LogP) is 1.43. The van der Waals surface area contributed by atoms with Crippen molar-refractivity contribution in [3.05, 3.63) is 36.0 Å². The van der Waals surface area contributed by atoms with E-state index in [0.717, 1.165) is 24.2 Å². The molecule has 1 saturated carbocycles. The van der Waals surface area contributed by atoms with Gasteiger partial charge >= 0.3 is 0 Å². The Labute approximate surface area is 190 Å². The van der Waals surface area contributed by atoms with Crippen molar-refractivity contribution in [1.82, 2.24) is 14.7 Å². The van der Waals surface area contributed by atoms with E-state index >= 15 is 0 Å². The number of aromatic nitrogens is 1. The quantitative estimate of drug-likeness (QED) is 0.526. The highest BCUT2D eigenvalue weighted by Crippen LogP contribution is 2.33. The first kappa shape index (κ1) is 22.8. The third-order valence-corrected chi connectivity index (χ3v) is 10.3. The van der Waals surface area contributed by atoms with Crippen molar-refractivity contribution >= 4 is 47.9 Å². The van der Waals surface area contributed by atoms with E-state index in [1.54, 1.807) is 17.1 Å². The SMILES string of the molecule is CNS(=O)(=O)c1cnc(NC(=O)C(=NN2CCCC2)c2ccc(S(=O)(=O)C3CC3)cc2)s1. The van der Waals surface area contributed by atoms with Crippen LogP contribution in [0.25, 0.3) is 0 Å². The van der Waals surface area contributed by atoms with E-state index in [4.69, 9.17) is 0 Å². The molecule has 0 atom stereocenters. The van der Waals surface area contributed by atoms with E-state index in [-0.39, 0.29) is 25.2 Å². The monoisotopic (exact) mass is 497 g/mol. The van der Waals surface area contributed by atoms with Crippen molar-refractivity contribution in [2.24, 2.45) is 5.10 Å². The van der Waals surface area contributed by atoms with Crippen LogP contribution in [0.5, 0.6) is 0 Å². The molecule has 0 spiro atoms. The molecule has 172 valence electrons. The molecule has 2 aromatic rings. The van der Waals surface area contributed by atoms with Crippen molar-refractivity contribution in [2.75, 3.05) is 25.5 Å². The third kappa shape index (κ3) is 4.85. The van der Waals surface area contributed by atoms with Crippen LogP contribution in [-0.2, 0) is 24.7 Å². The van der Waals surface area contributed by atoms with Crippen molar-refractivity contribution < 1.29 is 21.6 Å². The number of carbonyl (C=O) groups excluding carboxylic acids is 1.